The van der Waals surface area contributed by atoms with Crippen LogP contribution in [0.2, 0.25) is 0 Å². The zero-order valence-corrected chi connectivity index (χ0v) is 16.8. The molecule has 0 aromatic heterocycles. The second kappa shape index (κ2) is 9.67. The molecule has 1 aliphatic rings. The van der Waals surface area contributed by atoms with E-state index in [1.165, 1.54) is 5.69 Å². The first-order chi connectivity index (χ1) is 13.2. The fraction of sp³-hybridized carbons (Fsp3) is 0.381. The first kappa shape index (κ1) is 19.6. The molecule has 1 fully saturated rings. The standard InChI is InChI=1S/C21H27N3O2S/c1-26-18-9-7-17(8-10-18)24-15-13-23(14-16-24)12-11-22-21(25)19-5-3-4-6-20(19)27-2/h3-10H,11-16H2,1-2H3,(H,22,25). The van der Waals surface area contributed by atoms with Crippen molar-refractivity contribution in [2.45, 2.75) is 4.90 Å². The molecule has 1 heterocycles. The molecular weight excluding hydrogens is 358 g/mol. The quantitative estimate of drug-likeness (QED) is 0.743. The van der Waals surface area contributed by atoms with Crippen LogP contribution >= 0.6 is 11.8 Å². The predicted molar refractivity (Wildman–Crippen MR) is 112 cm³/mol. The Bertz CT molecular complexity index is 743. The molecule has 0 spiro atoms. The molecular formula is C21H27N3O2S. The average molecular weight is 386 g/mol. The van der Waals surface area contributed by atoms with Crippen molar-refractivity contribution in [3.63, 3.8) is 0 Å². The van der Waals surface area contributed by atoms with Gasteiger partial charge in [-0.1, -0.05) is 12.1 Å². The Balaban J connectivity index is 1.42. The maximum Gasteiger partial charge on any atom is 0.252 e. The van der Waals surface area contributed by atoms with E-state index in [2.05, 4.69) is 27.2 Å². The molecule has 0 radical (unpaired) electrons. The molecule has 1 amide bonds. The van der Waals surface area contributed by atoms with E-state index in [1.807, 2.05) is 42.7 Å². The Morgan fingerprint density at radius 2 is 1.78 bits per heavy atom. The van der Waals surface area contributed by atoms with Gasteiger partial charge in [0.2, 0.25) is 0 Å². The Labute approximate surface area is 165 Å². The number of thioether (sulfide) groups is 1. The van der Waals surface area contributed by atoms with E-state index < -0.39 is 0 Å². The predicted octanol–water partition coefficient (Wildman–Crippen LogP) is 2.97. The van der Waals surface area contributed by atoms with E-state index in [1.54, 1.807) is 18.9 Å². The van der Waals surface area contributed by atoms with E-state index in [9.17, 15) is 4.79 Å². The van der Waals surface area contributed by atoms with Gasteiger partial charge in [0.15, 0.2) is 0 Å². The summed E-state index contributed by atoms with van der Waals surface area (Å²) in [6.45, 7) is 5.55. The highest BCUT2D eigenvalue weighted by atomic mass is 32.2. The molecule has 0 unspecified atom stereocenters. The lowest BCUT2D eigenvalue weighted by Gasteiger charge is -2.36. The van der Waals surface area contributed by atoms with Crippen molar-refractivity contribution in [2.24, 2.45) is 0 Å². The van der Waals surface area contributed by atoms with Crippen molar-refractivity contribution in [3.05, 3.63) is 54.1 Å². The number of rotatable bonds is 7. The fourth-order valence-electron chi connectivity index (χ4n) is 3.28. The van der Waals surface area contributed by atoms with Gasteiger partial charge < -0.3 is 15.0 Å². The summed E-state index contributed by atoms with van der Waals surface area (Å²) in [4.78, 5) is 18.2. The SMILES string of the molecule is COc1ccc(N2CCN(CCNC(=O)c3ccccc3SC)CC2)cc1. The maximum absolute atomic E-state index is 12.4. The lowest BCUT2D eigenvalue weighted by Crippen LogP contribution is -2.48. The van der Waals surface area contributed by atoms with Crippen molar-refractivity contribution in [2.75, 3.05) is 57.5 Å². The van der Waals surface area contributed by atoms with E-state index in [0.717, 1.165) is 48.9 Å². The molecule has 5 nitrogen and oxygen atoms in total. The Hall–Kier alpha value is -2.18. The number of carbonyl (C=O) groups is 1. The zero-order valence-electron chi connectivity index (χ0n) is 16.0. The van der Waals surface area contributed by atoms with Crippen LogP contribution in [0.3, 0.4) is 0 Å². The summed E-state index contributed by atoms with van der Waals surface area (Å²) >= 11 is 1.60. The van der Waals surface area contributed by atoms with Gasteiger partial charge in [0.25, 0.3) is 5.91 Å². The van der Waals surface area contributed by atoms with Gasteiger partial charge in [-0.15, -0.1) is 11.8 Å². The Morgan fingerprint density at radius 1 is 1.07 bits per heavy atom. The molecule has 2 aromatic rings. The summed E-state index contributed by atoms with van der Waals surface area (Å²) in [5.41, 5.74) is 1.99. The molecule has 27 heavy (non-hydrogen) atoms. The number of carbonyl (C=O) groups excluding carboxylic acids is 1. The molecule has 144 valence electrons. The summed E-state index contributed by atoms with van der Waals surface area (Å²) in [5, 5.41) is 3.06. The van der Waals surface area contributed by atoms with Crippen molar-refractivity contribution in [1.82, 2.24) is 10.2 Å². The molecule has 3 rings (SSSR count). The van der Waals surface area contributed by atoms with Gasteiger partial charge in [-0.2, -0.15) is 0 Å². The average Bonchev–Trinajstić information content (AvgIpc) is 2.74. The molecule has 6 heteroatoms. The van der Waals surface area contributed by atoms with Crippen molar-refractivity contribution < 1.29 is 9.53 Å². The van der Waals surface area contributed by atoms with Crippen molar-refractivity contribution in [3.8, 4) is 5.75 Å². The third kappa shape index (κ3) is 5.17. The number of methoxy groups -OCH3 is 1. The monoisotopic (exact) mass is 385 g/mol. The minimum absolute atomic E-state index is 0.0109. The zero-order chi connectivity index (χ0) is 19.1. The molecule has 1 N–H and O–H groups in total. The van der Waals surface area contributed by atoms with Crippen molar-refractivity contribution >= 4 is 23.4 Å². The summed E-state index contributed by atoms with van der Waals surface area (Å²) < 4.78 is 5.22. The third-order valence-electron chi connectivity index (χ3n) is 4.88. The highest BCUT2D eigenvalue weighted by Crippen LogP contribution is 2.21. The Kier molecular flexibility index (Phi) is 7.01. The number of amides is 1. The van der Waals surface area contributed by atoms with Crippen LogP contribution in [0.4, 0.5) is 5.69 Å². The van der Waals surface area contributed by atoms with Gasteiger partial charge in [-0.25, -0.2) is 0 Å². The highest BCUT2D eigenvalue weighted by Gasteiger charge is 2.17. The lowest BCUT2D eigenvalue weighted by molar-refractivity contribution is 0.0945. The minimum Gasteiger partial charge on any atom is -0.497 e. The smallest absolute Gasteiger partial charge is 0.252 e. The number of hydrogen-bond acceptors (Lipinski definition) is 5. The van der Waals surface area contributed by atoms with Crippen LogP contribution < -0.4 is 15.0 Å². The molecule has 1 aliphatic heterocycles. The number of ether oxygens (including phenoxy) is 1. The van der Waals surface area contributed by atoms with Gasteiger partial charge in [0, 0.05) is 49.9 Å². The van der Waals surface area contributed by atoms with E-state index in [0.29, 0.717) is 6.54 Å². The first-order valence-electron chi connectivity index (χ1n) is 9.24. The largest absolute Gasteiger partial charge is 0.497 e. The molecule has 0 atom stereocenters. The maximum atomic E-state index is 12.4. The molecule has 0 aliphatic carbocycles. The van der Waals surface area contributed by atoms with Crippen LogP contribution in [0, 0.1) is 0 Å². The molecule has 0 bridgehead atoms. The van der Waals surface area contributed by atoms with E-state index in [-0.39, 0.29) is 5.91 Å². The van der Waals surface area contributed by atoms with Crippen LogP contribution in [-0.4, -0.2) is 63.4 Å². The second-order valence-corrected chi connectivity index (χ2v) is 7.33. The second-order valence-electron chi connectivity index (χ2n) is 6.48. The Morgan fingerprint density at radius 3 is 2.44 bits per heavy atom. The first-order valence-corrected chi connectivity index (χ1v) is 10.5. The molecule has 1 saturated heterocycles. The number of piperazine rings is 1. The van der Waals surface area contributed by atoms with Gasteiger partial charge in [-0.3, -0.25) is 9.69 Å². The third-order valence-corrected chi connectivity index (χ3v) is 5.67. The number of nitrogens with zero attached hydrogens (tertiary/aromatic N) is 2. The number of anilines is 1. The van der Waals surface area contributed by atoms with Crippen LogP contribution in [-0.2, 0) is 0 Å². The topological polar surface area (TPSA) is 44.8 Å². The minimum atomic E-state index is 0.0109. The van der Waals surface area contributed by atoms with E-state index >= 15 is 0 Å². The molecule has 2 aromatic carbocycles. The van der Waals surface area contributed by atoms with Gasteiger partial charge in [0.1, 0.15) is 5.75 Å². The summed E-state index contributed by atoms with van der Waals surface area (Å²) in [5.74, 6) is 0.896. The summed E-state index contributed by atoms with van der Waals surface area (Å²) in [7, 11) is 1.69. The van der Waals surface area contributed by atoms with Crippen LogP contribution in [0.25, 0.3) is 0 Å². The molecule has 0 saturated carbocycles. The lowest BCUT2D eigenvalue weighted by atomic mass is 10.2. The van der Waals surface area contributed by atoms with Crippen LogP contribution in [0.15, 0.2) is 53.4 Å². The van der Waals surface area contributed by atoms with Gasteiger partial charge >= 0.3 is 0 Å². The summed E-state index contributed by atoms with van der Waals surface area (Å²) in [6.07, 6.45) is 1.99. The van der Waals surface area contributed by atoms with Crippen LogP contribution in [0.1, 0.15) is 10.4 Å². The normalized spacial score (nSPS) is 14.8. The van der Waals surface area contributed by atoms with Gasteiger partial charge in [0.05, 0.1) is 12.7 Å². The van der Waals surface area contributed by atoms with Crippen LogP contribution in [0.5, 0.6) is 5.75 Å². The summed E-state index contributed by atoms with van der Waals surface area (Å²) in [6, 6.07) is 16.0. The fourth-order valence-corrected chi connectivity index (χ4v) is 3.87. The van der Waals surface area contributed by atoms with E-state index in [4.69, 9.17) is 4.74 Å². The number of hydrogen-bond donors (Lipinski definition) is 1. The van der Waals surface area contributed by atoms with Gasteiger partial charge in [-0.05, 0) is 42.7 Å². The van der Waals surface area contributed by atoms with Crippen molar-refractivity contribution in [1.29, 1.82) is 0 Å². The number of nitrogens with one attached hydrogen (secondary N) is 1. The number of benzene rings is 2. The highest BCUT2D eigenvalue weighted by molar-refractivity contribution is 7.98.